The molecule has 76 valence electrons. The van der Waals surface area contributed by atoms with Crippen molar-refractivity contribution in [2.75, 3.05) is 19.0 Å². The topological polar surface area (TPSA) is 20.3 Å². The van der Waals surface area contributed by atoms with Crippen LogP contribution in [0.25, 0.3) is 0 Å². The number of hydrogen-bond acceptors (Lipinski definition) is 2. The number of ketones is 1. The SMILES string of the molecule is CC(C)C(=O)c1cccc(N(C)C)c1. The first-order valence-electron chi connectivity index (χ1n) is 4.84. The molecule has 0 fully saturated rings. The largest absolute Gasteiger partial charge is 0.378 e. The molecule has 0 aliphatic rings. The van der Waals surface area contributed by atoms with Crippen molar-refractivity contribution in [3.63, 3.8) is 0 Å². The number of carbonyl (C=O) groups excluding carboxylic acids is 1. The van der Waals surface area contributed by atoms with Gasteiger partial charge in [-0.05, 0) is 12.1 Å². The molecule has 0 atom stereocenters. The Bertz CT molecular complexity index is 329. The molecule has 2 nitrogen and oxygen atoms in total. The lowest BCUT2D eigenvalue weighted by Gasteiger charge is -2.13. The summed E-state index contributed by atoms with van der Waals surface area (Å²) in [5.41, 5.74) is 1.86. The van der Waals surface area contributed by atoms with Crippen LogP contribution >= 0.6 is 0 Å². The highest BCUT2D eigenvalue weighted by atomic mass is 16.1. The lowest BCUT2D eigenvalue weighted by Crippen LogP contribution is -2.11. The molecule has 0 aromatic heterocycles. The van der Waals surface area contributed by atoms with E-state index in [1.807, 2.05) is 57.1 Å². The van der Waals surface area contributed by atoms with Crippen LogP contribution in [0.3, 0.4) is 0 Å². The molecule has 0 radical (unpaired) electrons. The van der Waals surface area contributed by atoms with E-state index in [1.54, 1.807) is 0 Å². The van der Waals surface area contributed by atoms with Gasteiger partial charge in [0.25, 0.3) is 0 Å². The minimum absolute atomic E-state index is 0.0624. The molecular weight excluding hydrogens is 174 g/mol. The maximum absolute atomic E-state index is 11.7. The average Bonchev–Trinajstić information content (AvgIpc) is 2.16. The second-order valence-corrected chi connectivity index (χ2v) is 3.96. The summed E-state index contributed by atoms with van der Waals surface area (Å²) in [6, 6.07) is 7.72. The Balaban J connectivity index is 3.00. The van der Waals surface area contributed by atoms with Gasteiger partial charge in [-0.15, -0.1) is 0 Å². The lowest BCUT2D eigenvalue weighted by molar-refractivity contribution is 0.0939. The fourth-order valence-corrected chi connectivity index (χ4v) is 1.27. The summed E-state index contributed by atoms with van der Waals surface area (Å²) in [6.07, 6.45) is 0. The van der Waals surface area contributed by atoms with Gasteiger partial charge in [-0.3, -0.25) is 4.79 Å². The lowest BCUT2D eigenvalue weighted by atomic mass is 10.0. The van der Waals surface area contributed by atoms with E-state index < -0.39 is 0 Å². The quantitative estimate of drug-likeness (QED) is 0.684. The Morgan fingerprint density at radius 3 is 2.43 bits per heavy atom. The van der Waals surface area contributed by atoms with E-state index in [1.165, 1.54) is 0 Å². The van der Waals surface area contributed by atoms with Gasteiger partial charge in [0.05, 0.1) is 0 Å². The van der Waals surface area contributed by atoms with Crippen molar-refractivity contribution >= 4 is 11.5 Å². The highest BCUT2D eigenvalue weighted by Crippen LogP contribution is 2.16. The Hall–Kier alpha value is -1.31. The molecule has 2 heteroatoms. The number of hydrogen-bond donors (Lipinski definition) is 0. The standard InChI is InChI=1S/C12H17NO/c1-9(2)12(14)10-6-5-7-11(8-10)13(3)4/h5-9H,1-4H3. The molecule has 1 aromatic rings. The molecule has 0 heterocycles. The third kappa shape index (κ3) is 2.34. The molecule has 0 amide bonds. The van der Waals surface area contributed by atoms with Gasteiger partial charge >= 0.3 is 0 Å². The summed E-state index contributed by atoms with van der Waals surface area (Å²) in [5, 5.41) is 0. The van der Waals surface area contributed by atoms with Crippen LogP contribution in [0, 0.1) is 5.92 Å². The molecule has 0 N–H and O–H groups in total. The molecular formula is C12H17NO. The van der Waals surface area contributed by atoms with Gasteiger partial charge in [0, 0.05) is 31.3 Å². The van der Waals surface area contributed by atoms with E-state index in [9.17, 15) is 4.79 Å². The van der Waals surface area contributed by atoms with Crippen molar-refractivity contribution in [1.29, 1.82) is 0 Å². The normalized spacial score (nSPS) is 10.4. The molecule has 14 heavy (non-hydrogen) atoms. The summed E-state index contributed by atoms with van der Waals surface area (Å²) >= 11 is 0. The van der Waals surface area contributed by atoms with Gasteiger partial charge in [0.1, 0.15) is 0 Å². The zero-order valence-corrected chi connectivity index (χ0v) is 9.24. The highest BCUT2D eigenvalue weighted by Gasteiger charge is 2.10. The van der Waals surface area contributed by atoms with Crippen molar-refractivity contribution in [3.8, 4) is 0 Å². The number of carbonyl (C=O) groups is 1. The van der Waals surface area contributed by atoms with E-state index in [4.69, 9.17) is 0 Å². The summed E-state index contributed by atoms with van der Waals surface area (Å²) in [5.74, 6) is 0.265. The van der Waals surface area contributed by atoms with Gasteiger partial charge in [0.15, 0.2) is 5.78 Å². The number of rotatable bonds is 3. The van der Waals surface area contributed by atoms with Crippen molar-refractivity contribution in [2.45, 2.75) is 13.8 Å². The van der Waals surface area contributed by atoms with Crippen molar-refractivity contribution < 1.29 is 4.79 Å². The summed E-state index contributed by atoms with van der Waals surface area (Å²) in [4.78, 5) is 13.7. The molecule has 0 bridgehead atoms. The summed E-state index contributed by atoms with van der Waals surface area (Å²) < 4.78 is 0. The average molecular weight is 191 g/mol. The zero-order chi connectivity index (χ0) is 10.7. The number of Topliss-reactive ketones (excluding diaryl/α,β-unsaturated/α-hetero) is 1. The Morgan fingerprint density at radius 2 is 1.93 bits per heavy atom. The summed E-state index contributed by atoms with van der Waals surface area (Å²) in [6.45, 7) is 3.84. The Morgan fingerprint density at radius 1 is 1.29 bits per heavy atom. The molecule has 0 spiro atoms. The predicted molar refractivity (Wildman–Crippen MR) is 59.9 cm³/mol. The van der Waals surface area contributed by atoms with E-state index >= 15 is 0 Å². The zero-order valence-electron chi connectivity index (χ0n) is 9.24. The van der Waals surface area contributed by atoms with Crippen LogP contribution in [0.1, 0.15) is 24.2 Å². The summed E-state index contributed by atoms with van der Waals surface area (Å²) in [7, 11) is 3.94. The van der Waals surface area contributed by atoms with Gasteiger partial charge in [-0.2, -0.15) is 0 Å². The molecule has 1 rings (SSSR count). The fraction of sp³-hybridized carbons (Fsp3) is 0.417. The van der Waals surface area contributed by atoms with Crippen LogP contribution < -0.4 is 4.90 Å². The number of nitrogens with zero attached hydrogens (tertiary/aromatic N) is 1. The third-order valence-corrected chi connectivity index (χ3v) is 2.17. The smallest absolute Gasteiger partial charge is 0.165 e. The first-order chi connectivity index (χ1) is 6.52. The first-order valence-corrected chi connectivity index (χ1v) is 4.84. The molecule has 1 aromatic carbocycles. The van der Waals surface area contributed by atoms with Gasteiger partial charge in [-0.25, -0.2) is 0 Å². The van der Waals surface area contributed by atoms with Crippen LogP contribution in [0.15, 0.2) is 24.3 Å². The number of benzene rings is 1. The van der Waals surface area contributed by atoms with Gasteiger partial charge < -0.3 is 4.90 Å². The monoisotopic (exact) mass is 191 g/mol. The van der Waals surface area contributed by atoms with Crippen LogP contribution in [-0.2, 0) is 0 Å². The van der Waals surface area contributed by atoms with E-state index in [0.29, 0.717) is 0 Å². The molecule has 0 saturated heterocycles. The van der Waals surface area contributed by atoms with Crippen molar-refractivity contribution in [3.05, 3.63) is 29.8 Å². The minimum Gasteiger partial charge on any atom is -0.378 e. The van der Waals surface area contributed by atoms with E-state index in [2.05, 4.69) is 0 Å². The minimum atomic E-state index is 0.0624. The van der Waals surface area contributed by atoms with Crippen molar-refractivity contribution in [2.24, 2.45) is 5.92 Å². The van der Waals surface area contributed by atoms with Crippen LogP contribution in [0.5, 0.6) is 0 Å². The van der Waals surface area contributed by atoms with Crippen LogP contribution in [0.4, 0.5) is 5.69 Å². The fourth-order valence-electron chi connectivity index (χ4n) is 1.27. The van der Waals surface area contributed by atoms with Gasteiger partial charge in [0.2, 0.25) is 0 Å². The van der Waals surface area contributed by atoms with Crippen LogP contribution in [0.2, 0.25) is 0 Å². The molecule has 0 aliphatic carbocycles. The Labute approximate surface area is 85.5 Å². The van der Waals surface area contributed by atoms with Crippen molar-refractivity contribution in [1.82, 2.24) is 0 Å². The molecule has 0 saturated carbocycles. The second kappa shape index (κ2) is 4.27. The predicted octanol–water partition coefficient (Wildman–Crippen LogP) is 2.59. The third-order valence-electron chi connectivity index (χ3n) is 2.17. The maximum Gasteiger partial charge on any atom is 0.165 e. The first kappa shape index (κ1) is 10.8. The highest BCUT2D eigenvalue weighted by molar-refractivity contribution is 5.98. The van der Waals surface area contributed by atoms with E-state index in [-0.39, 0.29) is 11.7 Å². The Kier molecular flexibility index (Phi) is 3.28. The molecule has 0 unspecified atom stereocenters. The van der Waals surface area contributed by atoms with Gasteiger partial charge in [-0.1, -0.05) is 26.0 Å². The maximum atomic E-state index is 11.7. The molecule has 0 aliphatic heterocycles. The van der Waals surface area contributed by atoms with Crippen LogP contribution in [-0.4, -0.2) is 19.9 Å². The van der Waals surface area contributed by atoms with E-state index in [0.717, 1.165) is 11.3 Å². The number of anilines is 1. The second-order valence-electron chi connectivity index (χ2n) is 3.96.